The van der Waals surface area contributed by atoms with Gasteiger partial charge in [0, 0.05) is 29.3 Å². The highest BCUT2D eigenvalue weighted by Crippen LogP contribution is 2.37. The number of non-ortho nitro benzene ring substituents is 1. The van der Waals surface area contributed by atoms with Crippen molar-refractivity contribution in [2.24, 2.45) is 0 Å². The van der Waals surface area contributed by atoms with Crippen LogP contribution in [-0.2, 0) is 10.5 Å². The average molecular weight is 543 g/mol. The monoisotopic (exact) mass is 542 g/mol. The van der Waals surface area contributed by atoms with E-state index in [1.54, 1.807) is 16.8 Å². The summed E-state index contributed by atoms with van der Waals surface area (Å²) < 4.78 is 7.33. The van der Waals surface area contributed by atoms with E-state index in [-0.39, 0.29) is 11.6 Å². The Balaban J connectivity index is 1.45. The number of carbonyl (C=O) groups excluding carboxylic acids is 1. The van der Waals surface area contributed by atoms with E-state index in [1.807, 2.05) is 68.4 Å². The molecule has 5 rings (SSSR count). The summed E-state index contributed by atoms with van der Waals surface area (Å²) in [5.74, 6) is 1.55. The van der Waals surface area contributed by atoms with Gasteiger partial charge in [-0.05, 0) is 49.2 Å². The smallest absolute Gasteiger partial charge is 0.269 e. The van der Waals surface area contributed by atoms with Crippen molar-refractivity contribution in [1.82, 2.24) is 14.8 Å². The molecule has 4 aromatic rings. The SMILES string of the molecule is CCOc1ccc(C2C(C(=O)Nc3ccccc3)=C(C)Nc3nc(SCc4ccc([N+](=O)[O-])cc4)nn32)cc1. The topological polar surface area (TPSA) is 124 Å². The maximum absolute atomic E-state index is 13.6. The van der Waals surface area contributed by atoms with Crippen molar-refractivity contribution < 1.29 is 14.5 Å². The number of carbonyl (C=O) groups is 1. The summed E-state index contributed by atoms with van der Waals surface area (Å²) in [6.07, 6.45) is 0. The standard InChI is InChI=1S/C28H26N6O4S/c1-3-38-23-15-11-20(12-16-23)25-24(26(35)30-21-7-5-4-6-8-21)18(2)29-27-31-28(32-33(25)27)39-17-19-9-13-22(14-10-19)34(36)37/h4-16,25H,3,17H2,1-2H3,(H,30,35)(H,29,31,32). The summed E-state index contributed by atoms with van der Waals surface area (Å²) in [5, 5.41) is 22.4. The molecule has 0 radical (unpaired) electrons. The van der Waals surface area contributed by atoms with E-state index in [1.165, 1.54) is 23.9 Å². The number of fused-ring (bicyclic) bond motifs is 1. The lowest BCUT2D eigenvalue weighted by Gasteiger charge is -2.28. The van der Waals surface area contributed by atoms with Crippen LogP contribution in [-0.4, -0.2) is 32.2 Å². The number of nitro groups is 1. The molecule has 10 nitrogen and oxygen atoms in total. The van der Waals surface area contributed by atoms with Crippen molar-refractivity contribution in [1.29, 1.82) is 0 Å². The zero-order valence-corrected chi connectivity index (χ0v) is 22.1. The number of para-hydroxylation sites is 1. The molecule has 0 saturated heterocycles. The van der Waals surface area contributed by atoms with Gasteiger partial charge in [-0.15, -0.1) is 5.10 Å². The van der Waals surface area contributed by atoms with Gasteiger partial charge in [0.15, 0.2) is 0 Å². The van der Waals surface area contributed by atoms with Gasteiger partial charge in [0.25, 0.3) is 11.6 Å². The zero-order chi connectivity index (χ0) is 27.4. The Morgan fingerprint density at radius 1 is 1.10 bits per heavy atom. The summed E-state index contributed by atoms with van der Waals surface area (Å²) >= 11 is 1.41. The number of benzene rings is 3. The van der Waals surface area contributed by atoms with Crippen LogP contribution < -0.4 is 15.4 Å². The lowest BCUT2D eigenvalue weighted by molar-refractivity contribution is -0.384. The third-order valence-electron chi connectivity index (χ3n) is 6.13. The molecule has 3 aromatic carbocycles. The van der Waals surface area contributed by atoms with Gasteiger partial charge in [-0.3, -0.25) is 14.9 Å². The Labute approximate surface area is 229 Å². The number of hydrogen-bond acceptors (Lipinski definition) is 8. The van der Waals surface area contributed by atoms with Gasteiger partial charge in [-0.1, -0.05) is 54.2 Å². The Bertz CT molecular complexity index is 1520. The second-order valence-electron chi connectivity index (χ2n) is 8.76. The first-order valence-corrected chi connectivity index (χ1v) is 13.3. The Morgan fingerprint density at radius 3 is 2.49 bits per heavy atom. The van der Waals surface area contributed by atoms with Gasteiger partial charge < -0.3 is 15.4 Å². The van der Waals surface area contributed by atoms with Crippen molar-refractivity contribution in [3.8, 4) is 5.75 Å². The van der Waals surface area contributed by atoms with E-state index in [9.17, 15) is 14.9 Å². The highest BCUT2D eigenvalue weighted by Gasteiger charge is 2.34. The molecule has 0 fully saturated rings. The lowest BCUT2D eigenvalue weighted by atomic mass is 9.95. The number of rotatable bonds is 9. The minimum atomic E-state index is -0.526. The van der Waals surface area contributed by atoms with E-state index in [0.717, 1.165) is 16.9 Å². The van der Waals surface area contributed by atoms with Crippen LogP contribution in [0.15, 0.2) is 95.3 Å². The number of ether oxygens (including phenoxy) is 1. The summed E-state index contributed by atoms with van der Waals surface area (Å²) in [6, 6.07) is 22.8. The van der Waals surface area contributed by atoms with Gasteiger partial charge in [0.05, 0.1) is 17.1 Å². The molecule has 198 valence electrons. The third-order valence-corrected chi connectivity index (χ3v) is 7.04. The first-order valence-electron chi connectivity index (χ1n) is 12.3. The number of aromatic nitrogens is 3. The molecule has 1 aromatic heterocycles. The van der Waals surface area contributed by atoms with Crippen molar-refractivity contribution in [3.63, 3.8) is 0 Å². The van der Waals surface area contributed by atoms with Gasteiger partial charge in [-0.25, -0.2) is 4.68 Å². The molecular weight excluding hydrogens is 516 g/mol. The molecule has 39 heavy (non-hydrogen) atoms. The molecule has 1 unspecified atom stereocenters. The first kappa shape index (κ1) is 26.0. The molecule has 1 aliphatic rings. The second kappa shape index (κ2) is 11.4. The number of nitro benzene ring substituents is 1. The third kappa shape index (κ3) is 5.78. The summed E-state index contributed by atoms with van der Waals surface area (Å²) in [4.78, 5) is 28.8. The molecule has 1 atom stereocenters. The number of hydrogen-bond donors (Lipinski definition) is 2. The van der Waals surface area contributed by atoms with E-state index in [4.69, 9.17) is 9.84 Å². The predicted molar refractivity (Wildman–Crippen MR) is 150 cm³/mol. The van der Waals surface area contributed by atoms with Crippen LogP contribution in [0, 0.1) is 10.1 Å². The minimum absolute atomic E-state index is 0.0459. The highest BCUT2D eigenvalue weighted by molar-refractivity contribution is 7.98. The summed E-state index contributed by atoms with van der Waals surface area (Å²) in [7, 11) is 0. The van der Waals surface area contributed by atoms with Gasteiger partial charge in [-0.2, -0.15) is 4.98 Å². The fraction of sp³-hybridized carbons (Fsp3) is 0.179. The van der Waals surface area contributed by atoms with Gasteiger partial charge in [0.1, 0.15) is 11.8 Å². The molecule has 0 saturated carbocycles. The largest absolute Gasteiger partial charge is 0.494 e. The zero-order valence-electron chi connectivity index (χ0n) is 21.3. The maximum atomic E-state index is 13.6. The lowest BCUT2D eigenvalue weighted by Crippen LogP contribution is -2.31. The Kier molecular flexibility index (Phi) is 7.60. The predicted octanol–water partition coefficient (Wildman–Crippen LogP) is 5.80. The molecule has 0 bridgehead atoms. The fourth-order valence-electron chi connectivity index (χ4n) is 4.29. The molecule has 0 spiro atoms. The summed E-state index contributed by atoms with van der Waals surface area (Å²) in [5.41, 5.74) is 3.70. The van der Waals surface area contributed by atoms with E-state index in [2.05, 4.69) is 15.6 Å². The van der Waals surface area contributed by atoms with Crippen LogP contribution >= 0.6 is 11.8 Å². The molecule has 1 aliphatic heterocycles. The second-order valence-corrected chi connectivity index (χ2v) is 9.71. The number of allylic oxidation sites excluding steroid dienone is 1. The Hall–Kier alpha value is -4.64. The molecular formula is C28H26N6O4S. The maximum Gasteiger partial charge on any atom is 0.269 e. The van der Waals surface area contributed by atoms with Crippen LogP contribution in [0.3, 0.4) is 0 Å². The Morgan fingerprint density at radius 2 is 1.82 bits per heavy atom. The molecule has 2 N–H and O–H groups in total. The molecule has 11 heteroatoms. The highest BCUT2D eigenvalue weighted by atomic mass is 32.2. The number of nitrogens with zero attached hydrogens (tertiary/aromatic N) is 4. The van der Waals surface area contributed by atoms with Crippen molar-refractivity contribution in [3.05, 3.63) is 111 Å². The molecule has 0 aliphatic carbocycles. The fourth-order valence-corrected chi connectivity index (χ4v) is 5.07. The average Bonchev–Trinajstić information content (AvgIpc) is 3.35. The van der Waals surface area contributed by atoms with Gasteiger partial charge in [0.2, 0.25) is 11.1 Å². The van der Waals surface area contributed by atoms with Crippen molar-refractivity contribution >= 4 is 35.0 Å². The number of thioether (sulfide) groups is 1. The molecule has 2 heterocycles. The van der Waals surface area contributed by atoms with Gasteiger partial charge >= 0.3 is 0 Å². The van der Waals surface area contributed by atoms with E-state index < -0.39 is 11.0 Å². The van der Waals surface area contributed by atoms with Crippen molar-refractivity contribution in [2.45, 2.75) is 30.8 Å². The number of amides is 1. The van der Waals surface area contributed by atoms with Crippen LogP contribution in [0.4, 0.5) is 17.3 Å². The van der Waals surface area contributed by atoms with Crippen molar-refractivity contribution in [2.75, 3.05) is 17.2 Å². The van der Waals surface area contributed by atoms with Crippen LogP contribution in [0.1, 0.15) is 31.0 Å². The number of anilines is 2. The normalized spacial score (nSPS) is 14.4. The van der Waals surface area contributed by atoms with Crippen LogP contribution in [0.5, 0.6) is 5.75 Å². The van der Waals surface area contributed by atoms with Crippen LogP contribution in [0.25, 0.3) is 0 Å². The van der Waals surface area contributed by atoms with E-state index >= 15 is 0 Å². The first-order chi connectivity index (χ1) is 18.9. The van der Waals surface area contributed by atoms with Crippen LogP contribution in [0.2, 0.25) is 0 Å². The quantitative estimate of drug-likeness (QED) is 0.154. The molecule has 1 amide bonds. The minimum Gasteiger partial charge on any atom is -0.494 e. The number of nitrogens with one attached hydrogen (secondary N) is 2. The van der Waals surface area contributed by atoms with E-state index in [0.29, 0.717) is 40.4 Å². The summed E-state index contributed by atoms with van der Waals surface area (Å²) in [6.45, 7) is 4.33.